The number of hydrogen-bond donors (Lipinski definition) is 2. The van der Waals surface area contributed by atoms with Crippen molar-refractivity contribution in [3.05, 3.63) is 58.8 Å². The second-order valence-electron chi connectivity index (χ2n) is 9.51. The van der Waals surface area contributed by atoms with Gasteiger partial charge in [-0.05, 0) is 32.0 Å². The van der Waals surface area contributed by atoms with Gasteiger partial charge in [0.05, 0.1) is 48.4 Å². The normalized spacial score (nSPS) is 17.6. The molecule has 0 radical (unpaired) electrons. The molecule has 1 atom stereocenters. The Morgan fingerprint density at radius 2 is 1.97 bits per heavy atom. The van der Waals surface area contributed by atoms with Crippen molar-refractivity contribution in [2.75, 3.05) is 49.2 Å². The predicted octanol–water partition coefficient (Wildman–Crippen LogP) is 3.44. The number of fused-ring (bicyclic) bond motifs is 1. The molecule has 1 unspecified atom stereocenters. The van der Waals surface area contributed by atoms with Gasteiger partial charge in [0.1, 0.15) is 18.1 Å². The highest BCUT2D eigenvalue weighted by Gasteiger charge is 2.26. The van der Waals surface area contributed by atoms with Crippen LogP contribution in [0.1, 0.15) is 25.4 Å². The number of rotatable bonds is 6. The third-order valence-electron chi connectivity index (χ3n) is 6.65. The molecule has 0 aliphatic carbocycles. The lowest BCUT2D eigenvalue weighted by Crippen LogP contribution is -2.52. The molecule has 4 heterocycles. The summed E-state index contributed by atoms with van der Waals surface area (Å²) in [5.41, 5.74) is 2.31. The Morgan fingerprint density at radius 3 is 2.73 bits per heavy atom. The van der Waals surface area contributed by atoms with Crippen LogP contribution in [0.25, 0.3) is 11.3 Å². The number of nitrogens with zero attached hydrogens (tertiary/aromatic N) is 5. The monoisotopic (exact) mass is 530 g/mol. The maximum atomic E-state index is 15.0. The van der Waals surface area contributed by atoms with Crippen LogP contribution < -0.4 is 19.9 Å². The first-order valence-corrected chi connectivity index (χ1v) is 12.7. The van der Waals surface area contributed by atoms with Crippen LogP contribution in [-0.2, 0) is 6.42 Å². The maximum absolute atomic E-state index is 15.0. The van der Waals surface area contributed by atoms with E-state index >= 15 is 0 Å². The molecule has 2 aliphatic heterocycles. The van der Waals surface area contributed by atoms with Gasteiger partial charge in [0, 0.05) is 43.0 Å². The summed E-state index contributed by atoms with van der Waals surface area (Å²) in [4.78, 5) is 17.2. The summed E-state index contributed by atoms with van der Waals surface area (Å²) in [6.45, 7) is 7.18. The highest BCUT2D eigenvalue weighted by Crippen LogP contribution is 2.39. The first-order chi connectivity index (χ1) is 17.8. The molecule has 0 saturated carbocycles. The number of halogens is 3. The molecule has 37 heavy (non-hydrogen) atoms. The highest BCUT2D eigenvalue weighted by molar-refractivity contribution is 6.33. The molecule has 1 fully saturated rings. The number of hydrogen-bond acceptors (Lipinski definition) is 8. The van der Waals surface area contributed by atoms with E-state index in [1.54, 1.807) is 18.3 Å². The molecule has 11 heteroatoms. The number of anilines is 2. The number of ether oxygens (including phenoxy) is 1. The van der Waals surface area contributed by atoms with Crippen LogP contribution in [0.15, 0.2) is 30.6 Å². The zero-order valence-corrected chi connectivity index (χ0v) is 21.5. The van der Waals surface area contributed by atoms with E-state index in [1.165, 1.54) is 6.07 Å². The zero-order chi connectivity index (χ0) is 26.1. The Morgan fingerprint density at radius 1 is 1.14 bits per heavy atom. The average Bonchev–Trinajstić information content (AvgIpc) is 2.89. The van der Waals surface area contributed by atoms with Gasteiger partial charge in [-0.15, -0.1) is 0 Å². The SMILES string of the molecule is CC(C)N1CCOc2c(F)cc(-c3nc(Cc4cc(Cl)c(N5CCNC(CO)C5)cn4)ncc3F)cc21. The first-order valence-electron chi connectivity index (χ1n) is 12.3. The summed E-state index contributed by atoms with van der Waals surface area (Å²) in [7, 11) is 0. The molecule has 0 spiro atoms. The maximum Gasteiger partial charge on any atom is 0.178 e. The van der Waals surface area contributed by atoms with Gasteiger partial charge >= 0.3 is 0 Å². The minimum atomic E-state index is -0.644. The van der Waals surface area contributed by atoms with Crippen LogP contribution in [0.5, 0.6) is 5.75 Å². The summed E-state index contributed by atoms with van der Waals surface area (Å²) >= 11 is 6.57. The highest BCUT2D eigenvalue weighted by atomic mass is 35.5. The number of aromatic nitrogens is 3. The summed E-state index contributed by atoms with van der Waals surface area (Å²) in [6.07, 6.45) is 3.02. The summed E-state index contributed by atoms with van der Waals surface area (Å²) in [6, 6.07) is 4.80. The second-order valence-corrected chi connectivity index (χ2v) is 9.92. The lowest BCUT2D eigenvalue weighted by molar-refractivity contribution is 0.235. The Balaban J connectivity index is 1.41. The number of aliphatic hydroxyl groups excluding tert-OH is 1. The van der Waals surface area contributed by atoms with Gasteiger partial charge in [-0.2, -0.15) is 0 Å². The Labute approximate surface area is 219 Å². The number of nitrogens with one attached hydrogen (secondary N) is 1. The Bertz CT molecular complexity index is 1290. The van der Waals surface area contributed by atoms with Crippen molar-refractivity contribution in [1.29, 1.82) is 0 Å². The molecule has 0 amide bonds. The van der Waals surface area contributed by atoms with Crippen molar-refractivity contribution in [1.82, 2.24) is 20.3 Å². The van der Waals surface area contributed by atoms with Crippen LogP contribution in [0.4, 0.5) is 20.2 Å². The minimum absolute atomic E-state index is 0.0135. The van der Waals surface area contributed by atoms with E-state index < -0.39 is 11.6 Å². The van der Waals surface area contributed by atoms with E-state index in [2.05, 4.69) is 25.2 Å². The molecule has 1 saturated heterocycles. The smallest absolute Gasteiger partial charge is 0.178 e. The van der Waals surface area contributed by atoms with Gasteiger partial charge < -0.3 is 25.0 Å². The summed E-state index contributed by atoms with van der Waals surface area (Å²) in [5, 5.41) is 13.2. The van der Waals surface area contributed by atoms with Gasteiger partial charge in [-0.3, -0.25) is 4.98 Å². The fourth-order valence-corrected chi connectivity index (χ4v) is 5.08. The largest absolute Gasteiger partial charge is 0.486 e. The quantitative estimate of drug-likeness (QED) is 0.501. The molecule has 1 aromatic carbocycles. The third kappa shape index (κ3) is 5.32. The van der Waals surface area contributed by atoms with Gasteiger partial charge in [0.2, 0.25) is 0 Å². The van der Waals surface area contributed by atoms with Crippen LogP contribution in [0.2, 0.25) is 5.02 Å². The van der Waals surface area contributed by atoms with Gasteiger partial charge in [-0.1, -0.05) is 11.6 Å². The topological polar surface area (TPSA) is 86.6 Å². The van der Waals surface area contributed by atoms with Crippen molar-refractivity contribution in [2.24, 2.45) is 0 Å². The molecule has 2 aromatic heterocycles. The van der Waals surface area contributed by atoms with Crippen molar-refractivity contribution in [3.8, 4) is 17.0 Å². The van der Waals surface area contributed by atoms with Gasteiger partial charge in [0.25, 0.3) is 0 Å². The minimum Gasteiger partial charge on any atom is -0.486 e. The van der Waals surface area contributed by atoms with Gasteiger partial charge in [-0.25, -0.2) is 18.7 Å². The lowest BCUT2D eigenvalue weighted by Gasteiger charge is -2.34. The standard InChI is InChI=1S/C26H29ClF2N6O2/c1-15(2)35-5-6-37-26-20(28)7-16(8-22(26)35)25-21(29)11-32-24(33-25)10-17-9-19(27)23(12-31-17)34-4-3-30-18(13-34)14-36/h7-9,11-12,15,18,30,36H,3-6,10,13-14H2,1-2H3. The molecule has 0 bridgehead atoms. The number of benzene rings is 1. The van der Waals surface area contributed by atoms with Crippen molar-refractivity contribution < 1.29 is 18.6 Å². The van der Waals surface area contributed by atoms with Gasteiger partial charge in [0.15, 0.2) is 17.4 Å². The fourth-order valence-electron chi connectivity index (χ4n) is 4.79. The van der Waals surface area contributed by atoms with E-state index in [4.69, 9.17) is 16.3 Å². The van der Waals surface area contributed by atoms with Crippen LogP contribution in [0.3, 0.4) is 0 Å². The predicted molar refractivity (Wildman–Crippen MR) is 139 cm³/mol. The summed E-state index contributed by atoms with van der Waals surface area (Å²) in [5.74, 6) is -0.690. The number of pyridine rings is 1. The zero-order valence-electron chi connectivity index (χ0n) is 20.7. The average molecular weight is 531 g/mol. The van der Waals surface area contributed by atoms with Crippen LogP contribution in [0, 0.1) is 11.6 Å². The lowest BCUT2D eigenvalue weighted by atomic mass is 10.1. The Kier molecular flexibility index (Phi) is 7.41. The van der Waals surface area contributed by atoms with Crippen LogP contribution >= 0.6 is 11.6 Å². The molecule has 5 rings (SSSR count). The molecule has 2 N–H and O–H groups in total. The first kappa shape index (κ1) is 25.6. The Hall–Kier alpha value is -3.08. The third-order valence-corrected chi connectivity index (χ3v) is 6.95. The van der Waals surface area contributed by atoms with Crippen molar-refractivity contribution in [3.63, 3.8) is 0 Å². The number of piperazine rings is 1. The number of aliphatic hydroxyl groups is 1. The van der Waals surface area contributed by atoms with E-state index in [-0.39, 0.29) is 36.6 Å². The fraction of sp³-hybridized carbons (Fsp3) is 0.423. The second kappa shape index (κ2) is 10.7. The molecule has 8 nitrogen and oxygen atoms in total. The molecular formula is C26H29ClF2N6O2. The van der Waals surface area contributed by atoms with E-state index in [0.29, 0.717) is 47.5 Å². The van der Waals surface area contributed by atoms with E-state index in [0.717, 1.165) is 25.0 Å². The van der Waals surface area contributed by atoms with Crippen LogP contribution in [-0.4, -0.2) is 71.5 Å². The molecule has 196 valence electrons. The molecule has 2 aliphatic rings. The summed E-state index contributed by atoms with van der Waals surface area (Å²) < 4.78 is 35.3. The molecular weight excluding hydrogens is 502 g/mol. The molecule has 3 aromatic rings. The van der Waals surface area contributed by atoms with Crippen molar-refractivity contribution in [2.45, 2.75) is 32.4 Å². The van der Waals surface area contributed by atoms with E-state index in [9.17, 15) is 13.9 Å². The van der Waals surface area contributed by atoms with Crippen molar-refractivity contribution >= 4 is 23.0 Å². The van der Waals surface area contributed by atoms with E-state index in [1.807, 2.05) is 18.7 Å².